The van der Waals surface area contributed by atoms with Gasteiger partial charge >= 0.3 is 0 Å². The highest BCUT2D eigenvalue weighted by molar-refractivity contribution is 4.93. The van der Waals surface area contributed by atoms with Crippen molar-refractivity contribution in [2.24, 2.45) is 17.3 Å². The lowest BCUT2D eigenvalue weighted by atomic mass is 9.64. The third kappa shape index (κ3) is 3.27. The van der Waals surface area contributed by atoms with Crippen molar-refractivity contribution in [3.8, 4) is 0 Å². The van der Waals surface area contributed by atoms with Gasteiger partial charge in [-0.1, -0.05) is 34.6 Å². The Balaban J connectivity index is 2.68. The minimum Gasteiger partial charge on any atom is -0.390 e. The van der Waals surface area contributed by atoms with Crippen molar-refractivity contribution < 1.29 is 5.11 Å². The van der Waals surface area contributed by atoms with Crippen LogP contribution < -0.4 is 0 Å². The molecule has 2 atom stereocenters. The molecule has 0 heterocycles. The van der Waals surface area contributed by atoms with E-state index in [0.29, 0.717) is 17.3 Å². The van der Waals surface area contributed by atoms with E-state index in [1.807, 2.05) is 0 Å². The van der Waals surface area contributed by atoms with Gasteiger partial charge in [0.25, 0.3) is 0 Å². The Kier molecular flexibility index (Phi) is 3.30. The van der Waals surface area contributed by atoms with Crippen molar-refractivity contribution in [3.05, 3.63) is 0 Å². The molecule has 0 saturated heterocycles. The highest BCUT2D eigenvalue weighted by atomic mass is 16.3. The molecule has 1 aliphatic rings. The molecule has 0 aliphatic heterocycles. The number of rotatable bonds is 2. The Labute approximate surface area is 88.9 Å². The van der Waals surface area contributed by atoms with Crippen LogP contribution in [0.3, 0.4) is 0 Å². The van der Waals surface area contributed by atoms with Gasteiger partial charge in [-0.25, -0.2) is 0 Å². The molecule has 0 aromatic carbocycles. The van der Waals surface area contributed by atoms with Crippen molar-refractivity contribution in [3.63, 3.8) is 0 Å². The first kappa shape index (κ1) is 12.0. The molecule has 1 saturated carbocycles. The Morgan fingerprint density at radius 3 is 2.29 bits per heavy atom. The lowest BCUT2D eigenvalue weighted by Crippen LogP contribution is -2.42. The quantitative estimate of drug-likeness (QED) is 0.718. The van der Waals surface area contributed by atoms with E-state index < -0.39 is 5.60 Å². The third-order valence-electron chi connectivity index (χ3n) is 3.23. The number of hydrogen-bond acceptors (Lipinski definition) is 1. The van der Waals surface area contributed by atoms with Crippen LogP contribution in [0.2, 0.25) is 0 Å². The predicted molar refractivity (Wildman–Crippen MR) is 61.2 cm³/mol. The first-order valence-corrected chi connectivity index (χ1v) is 5.95. The average Bonchev–Trinajstić information content (AvgIpc) is 1.74. The number of hydrogen-bond donors (Lipinski definition) is 1. The Hall–Kier alpha value is -0.0400. The second-order valence-corrected chi connectivity index (χ2v) is 6.68. The average molecular weight is 198 g/mol. The van der Waals surface area contributed by atoms with Gasteiger partial charge in [-0.15, -0.1) is 0 Å². The molecule has 1 fully saturated rings. The van der Waals surface area contributed by atoms with Crippen molar-refractivity contribution in [2.45, 2.75) is 65.9 Å². The summed E-state index contributed by atoms with van der Waals surface area (Å²) in [4.78, 5) is 0. The summed E-state index contributed by atoms with van der Waals surface area (Å²) in [5.74, 6) is 1.27. The molecule has 0 radical (unpaired) electrons. The lowest BCUT2D eigenvalue weighted by Gasteiger charge is -2.45. The summed E-state index contributed by atoms with van der Waals surface area (Å²) in [6.45, 7) is 11.2. The lowest BCUT2D eigenvalue weighted by molar-refractivity contribution is -0.0708. The van der Waals surface area contributed by atoms with Crippen LogP contribution in [0.25, 0.3) is 0 Å². The van der Waals surface area contributed by atoms with Crippen LogP contribution in [0.4, 0.5) is 0 Å². The van der Waals surface area contributed by atoms with Crippen LogP contribution in [0.15, 0.2) is 0 Å². The molecular formula is C13H26O. The van der Waals surface area contributed by atoms with E-state index in [1.165, 1.54) is 6.42 Å². The molecule has 1 aliphatic carbocycles. The topological polar surface area (TPSA) is 20.2 Å². The first-order valence-electron chi connectivity index (χ1n) is 5.95. The van der Waals surface area contributed by atoms with Gasteiger partial charge in [0.2, 0.25) is 0 Å². The van der Waals surface area contributed by atoms with Gasteiger partial charge in [0.05, 0.1) is 5.60 Å². The van der Waals surface area contributed by atoms with Gasteiger partial charge in [-0.3, -0.25) is 0 Å². The molecule has 1 N–H and O–H groups in total. The number of aliphatic hydroxyl groups is 1. The summed E-state index contributed by atoms with van der Waals surface area (Å²) in [6.07, 6.45) is 4.19. The Morgan fingerprint density at radius 2 is 1.86 bits per heavy atom. The standard InChI is InChI=1S/C13H26O/c1-10(2)6-13(14)8-11(3)7-12(4,5)9-13/h10-11,14H,6-9H2,1-5H3. The maximum absolute atomic E-state index is 10.5. The van der Waals surface area contributed by atoms with Gasteiger partial charge in [-0.2, -0.15) is 0 Å². The summed E-state index contributed by atoms with van der Waals surface area (Å²) in [5, 5.41) is 10.5. The summed E-state index contributed by atoms with van der Waals surface area (Å²) >= 11 is 0. The van der Waals surface area contributed by atoms with Gasteiger partial charge in [0.15, 0.2) is 0 Å². The minimum absolute atomic E-state index is 0.321. The van der Waals surface area contributed by atoms with E-state index in [0.717, 1.165) is 19.3 Å². The molecule has 0 amide bonds. The molecule has 0 aromatic rings. The van der Waals surface area contributed by atoms with Crippen LogP contribution in [0.5, 0.6) is 0 Å². The normalized spacial score (nSPS) is 37.5. The van der Waals surface area contributed by atoms with Gasteiger partial charge < -0.3 is 5.11 Å². The van der Waals surface area contributed by atoms with Crippen LogP contribution in [-0.4, -0.2) is 10.7 Å². The first-order chi connectivity index (χ1) is 6.22. The zero-order valence-corrected chi connectivity index (χ0v) is 10.4. The maximum atomic E-state index is 10.5. The van der Waals surface area contributed by atoms with Crippen LogP contribution in [0.1, 0.15) is 60.3 Å². The molecule has 1 rings (SSSR count). The predicted octanol–water partition coefficient (Wildman–Crippen LogP) is 3.61. The van der Waals surface area contributed by atoms with Crippen molar-refractivity contribution in [1.29, 1.82) is 0 Å². The summed E-state index contributed by atoms with van der Waals surface area (Å²) < 4.78 is 0. The molecule has 2 unspecified atom stereocenters. The van der Waals surface area contributed by atoms with Crippen LogP contribution in [-0.2, 0) is 0 Å². The summed E-state index contributed by atoms with van der Waals surface area (Å²) in [6, 6.07) is 0. The molecule has 0 spiro atoms. The largest absolute Gasteiger partial charge is 0.390 e. The Bertz CT molecular complexity index is 191. The molecule has 84 valence electrons. The van der Waals surface area contributed by atoms with Crippen LogP contribution in [0, 0.1) is 17.3 Å². The zero-order chi connectivity index (χ0) is 11.0. The SMILES string of the molecule is CC(C)CC1(O)CC(C)CC(C)(C)C1. The van der Waals surface area contributed by atoms with E-state index in [4.69, 9.17) is 0 Å². The van der Waals surface area contributed by atoms with Crippen molar-refractivity contribution in [2.75, 3.05) is 0 Å². The summed E-state index contributed by atoms with van der Waals surface area (Å²) in [5.41, 5.74) is -0.0728. The molecule has 0 bridgehead atoms. The monoisotopic (exact) mass is 198 g/mol. The zero-order valence-electron chi connectivity index (χ0n) is 10.4. The maximum Gasteiger partial charge on any atom is 0.0657 e. The van der Waals surface area contributed by atoms with E-state index >= 15 is 0 Å². The fraction of sp³-hybridized carbons (Fsp3) is 1.00. The molecule has 1 heteroatoms. The van der Waals surface area contributed by atoms with E-state index in [1.54, 1.807) is 0 Å². The second-order valence-electron chi connectivity index (χ2n) is 6.68. The van der Waals surface area contributed by atoms with E-state index in [-0.39, 0.29) is 0 Å². The van der Waals surface area contributed by atoms with Crippen LogP contribution >= 0.6 is 0 Å². The minimum atomic E-state index is -0.394. The second kappa shape index (κ2) is 3.84. The highest BCUT2D eigenvalue weighted by Gasteiger charge is 2.41. The molecular weight excluding hydrogens is 172 g/mol. The van der Waals surface area contributed by atoms with Crippen molar-refractivity contribution >= 4 is 0 Å². The molecule has 1 nitrogen and oxygen atoms in total. The van der Waals surface area contributed by atoms with Gasteiger partial charge in [0, 0.05) is 0 Å². The highest BCUT2D eigenvalue weighted by Crippen LogP contribution is 2.46. The fourth-order valence-electron chi connectivity index (χ4n) is 3.61. The van der Waals surface area contributed by atoms with Gasteiger partial charge in [-0.05, 0) is 42.9 Å². The third-order valence-corrected chi connectivity index (χ3v) is 3.23. The van der Waals surface area contributed by atoms with Crippen molar-refractivity contribution in [1.82, 2.24) is 0 Å². The fourth-order valence-corrected chi connectivity index (χ4v) is 3.61. The molecule has 0 aromatic heterocycles. The van der Waals surface area contributed by atoms with E-state index in [2.05, 4.69) is 34.6 Å². The summed E-state index contributed by atoms with van der Waals surface area (Å²) in [7, 11) is 0. The van der Waals surface area contributed by atoms with E-state index in [9.17, 15) is 5.11 Å². The smallest absolute Gasteiger partial charge is 0.0657 e. The Morgan fingerprint density at radius 1 is 1.29 bits per heavy atom. The molecule has 14 heavy (non-hydrogen) atoms. The van der Waals surface area contributed by atoms with Gasteiger partial charge in [0.1, 0.15) is 0 Å².